The molecule has 3 heteroatoms. The van der Waals surface area contributed by atoms with Gasteiger partial charge in [0.2, 0.25) is 0 Å². The number of hydrogen-bond donors (Lipinski definition) is 0. The van der Waals surface area contributed by atoms with Gasteiger partial charge in [0.25, 0.3) is 0 Å². The highest BCUT2D eigenvalue weighted by atomic mass is 15.2. The Kier molecular flexibility index (Phi) is 2.34. The van der Waals surface area contributed by atoms with E-state index in [1.807, 2.05) is 31.2 Å². The lowest BCUT2D eigenvalue weighted by atomic mass is 9.90. The largest absolute Gasteiger partial charge is 0.0836 e. The smallest absolute Gasteiger partial charge is 0.0703 e. The Hall–Kier alpha value is -1.21. The van der Waals surface area contributed by atoms with Crippen molar-refractivity contribution in [1.29, 1.82) is 0 Å². The van der Waals surface area contributed by atoms with Crippen LogP contribution in [-0.4, -0.2) is 5.54 Å². The Bertz CT molecular complexity index is 236. The zero-order valence-corrected chi connectivity index (χ0v) is 6.57. The number of nitrogens with zero attached hydrogens (tertiary/aromatic N) is 3. The van der Waals surface area contributed by atoms with Crippen molar-refractivity contribution < 1.29 is 0 Å². The van der Waals surface area contributed by atoms with Crippen LogP contribution in [0.1, 0.15) is 19.8 Å². The minimum absolute atomic E-state index is 0.288. The molecule has 1 aliphatic rings. The molecule has 0 heterocycles. The van der Waals surface area contributed by atoms with E-state index in [-0.39, 0.29) is 5.54 Å². The molecule has 0 spiro atoms. The molecule has 1 aliphatic carbocycles. The monoisotopic (exact) mass is 149 g/mol. The molecule has 0 saturated heterocycles. The van der Waals surface area contributed by atoms with Crippen molar-refractivity contribution >= 4 is 0 Å². The number of hydrogen-bond acceptors (Lipinski definition) is 1. The van der Waals surface area contributed by atoms with E-state index in [4.69, 9.17) is 5.53 Å². The molecule has 58 valence electrons. The summed E-state index contributed by atoms with van der Waals surface area (Å²) >= 11 is 0. The summed E-state index contributed by atoms with van der Waals surface area (Å²) in [7, 11) is 0. The van der Waals surface area contributed by atoms with Gasteiger partial charge in [-0.25, -0.2) is 0 Å². The average Bonchev–Trinajstić information content (AvgIpc) is 2.07. The fourth-order valence-corrected chi connectivity index (χ4v) is 1.15. The summed E-state index contributed by atoms with van der Waals surface area (Å²) in [5, 5.41) is 3.78. The minimum atomic E-state index is -0.288. The van der Waals surface area contributed by atoms with E-state index in [2.05, 4.69) is 10.0 Å². The molecule has 0 aromatic heterocycles. The SMILES string of the molecule is CCC1(N=[N+]=[N-])C=CC=CC1. The average molecular weight is 149 g/mol. The molecule has 0 radical (unpaired) electrons. The number of allylic oxidation sites excluding steroid dienone is 2. The molecule has 0 bridgehead atoms. The van der Waals surface area contributed by atoms with Gasteiger partial charge >= 0.3 is 0 Å². The van der Waals surface area contributed by atoms with E-state index in [9.17, 15) is 0 Å². The second-order valence-corrected chi connectivity index (χ2v) is 2.64. The van der Waals surface area contributed by atoms with Crippen LogP contribution in [0.15, 0.2) is 29.4 Å². The second kappa shape index (κ2) is 3.26. The van der Waals surface area contributed by atoms with Crippen LogP contribution in [0.4, 0.5) is 0 Å². The highest BCUT2D eigenvalue weighted by Crippen LogP contribution is 2.25. The summed E-state index contributed by atoms with van der Waals surface area (Å²) < 4.78 is 0. The molecule has 1 atom stereocenters. The molecule has 0 amide bonds. The molecule has 0 fully saturated rings. The Morgan fingerprint density at radius 2 is 2.45 bits per heavy atom. The quantitative estimate of drug-likeness (QED) is 0.329. The normalized spacial score (nSPS) is 28.1. The highest BCUT2D eigenvalue weighted by Gasteiger charge is 2.22. The van der Waals surface area contributed by atoms with Gasteiger partial charge in [-0.05, 0) is 18.4 Å². The van der Waals surface area contributed by atoms with Gasteiger partial charge in [-0.1, -0.05) is 36.3 Å². The minimum Gasteiger partial charge on any atom is -0.0836 e. The molecular weight excluding hydrogens is 138 g/mol. The lowest BCUT2D eigenvalue weighted by molar-refractivity contribution is 0.510. The van der Waals surface area contributed by atoms with Gasteiger partial charge in [-0.2, -0.15) is 0 Å². The summed E-state index contributed by atoms with van der Waals surface area (Å²) in [6.45, 7) is 2.03. The summed E-state index contributed by atoms with van der Waals surface area (Å²) in [6, 6.07) is 0. The van der Waals surface area contributed by atoms with E-state index in [0.717, 1.165) is 12.8 Å². The Labute approximate surface area is 66.0 Å². The Morgan fingerprint density at radius 3 is 2.91 bits per heavy atom. The standard InChI is InChI=1S/C8H11N3/c1-2-8(10-11-9)6-4-3-5-7-8/h3-6H,2,7H2,1H3. The summed E-state index contributed by atoms with van der Waals surface area (Å²) in [5.74, 6) is 0. The maximum absolute atomic E-state index is 8.32. The highest BCUT2D eigenvalue weighted by molar-refractivity contribution is 5.20. The maximum atomic E-state index is 8.32. The molecule has 11 heavy (non-hydrogen) atoms. The van der Waals surface area contributed by atoms with Crippen molar-refractivity contribution in [2.45, 2.75) is 25.3 Å². The van der Waals surface area contributed by atoms with Gasteiger partial charge in [-0.15, -0.1) is 0 Å². The third kappa shape index (κ3) is 1.63. The van der Waals surface area contributed by atoms with E-state index in [1.165, 1.54) is 0 Å². The molecule has 0 aliphatic heterocycles. The molecule has 0 saturated carbocycles. The fraction of sp³-hybridized carbons (Fsp3) is 0.500. The van der Waals surface area contributed by atoms with Gasteiger partial charge < -0.3 is 0 Å². The molecule has 0 N–H and O–H groups in total. The van der Waals surface area contributed by atoms with Crippen LogP contribution in [0.5, 0.6) is 0 Å². The first kappa shape index (κ1) is 7.89. The third-order valence-corrected chi connectivity index (χ3v) is 1.98. The molecule has 1 unspecified atom stereocenters. The lowest BCUT2D eigenvalue weighted by Crippen LogP contribution is -2.21. The first-order valence-corrected chi connectivity index (χ1v) is 3.73. The summed E-state index contributed by atoms with van der Waals surface area (Å²) in [6.07, 6.45) is 9.58. The van der Waals surface area contributed by atoms with Crippen molar-refractivity contribution in [2.24, 2.45) is 5.11 Å². The van der Waals surface area contributed by atoms with Crippen LogP contribution in [-0.2, 0) is 0 Å². The molecule has 0 aromatic rings. The van der Waals surface area contributed by atoms with Gasteiger partial charge in [0.1, 0.15) is 0 Å². The topological polar surface area (TPSA) is 48.8 Å². The van der Waals surface area contributed by atoms with E-state index in [1.54, 1.807) is 0 Å². The van der Waals surface area contributed by atoms with Crippen LogP contribution in [0, 0.1) is 0 Å². The lowest BCUT2D eigenvalue weighted by Gasteiger charge is -2.23. The molecule has 0 aromatic carbocycles. The van der Waals surface area contributed by atoms with Crippen molar-refractivity contribution in [3.63, 3.8) is 0 Å². The van der Waals surface area contributed by atoms with Crippen LogP contribution in [0.3, 0.4) is 0 Å². The van der Waals surface area contributed by atoms with Gasteiger partial charge in [0.05, 0.1) is 5.54 Å². The van der Waals surface area contributed by atoms with Crippen molar-refractivity contribution in [3.05, 3.63) is 34.7 Å². The van der Waals surface area contributed by atoms with E-state index < -0.39 is 0 Å². The van der Waals surface area contributed by atoms with Crippen LogP contribution >= 0.6 is 0 Å². The molecular formula is C8H11N3. The zero-order valence-electron chi connectivity index (χ0n) is 6.57. The molecule has 3 nitrogen and oxygen atoms in total. The Morgan fingerprint density at radius 1 is 1.64 bits per heavy atom. The van der Waals surface area contributed by atoms with Crippen LogP contribution in [0.2, 0.25) is 0 Å². The van der Waals surface area contributed by atoms with Gasteiger partial charge in [0.15, 0.2) is 0 Å². The van der Waals surface area contributed by atoms with Crippen LogP contribution < -0.4 is 0 Å². The number of rotatable bonds is 2. The first-order valence-electron chi connectivity index (χ1n) is 3.73. The van der Waals surface area contributed by atoms with Crippen molar-refractivity contribution in [3.8, 4) is 0 Å². The predicted molar refractivity (Wildman–Crippen MR) is 45.1 cm³/mol. The van der Waals surface area contributed by atoms with Crippen LogP contribution in [0.25, 0.3) is 10.4 Å². The third-order valence-electron chi connectivity index (χ3n) is 1.98. The second-order valence-electron chi connectivity index (χ2n) is 2.64. The van der Waals surface area contributed by atoms with Gasteiger partial charge in [-0.3, -0.25) is 0 Å². The maximum Gasteiger partial charge on any atom is 0.0703 e. The van der Waals surface area contributed by atoms with Crippen molar-refractivity contribution in [1.82, 2.24) is 0 Å². The summed E-state index contributed by atoms with van der Waals surface area (Å²) in [4.78, 5) is 2.84. The van der Waals surface area contributed by atoms with Gasteiger partial charge in [0, 0.05) is 4.91 Å². The predicted octanol–water partition coefficient (Wildman–Crippen LogP) is 2.96. The number of azide groups is 1. The fourth-order valence-electron chi connectivity index (χ4n) is 1.15. The van der Waals surface area contributed by atoms with E-state index in [0.29, 0.717) is 0 Å². The summed E-state index contributed by atoms with van der Waals surface area (Å²) in [5.41, 5.74) is 8.03. The first-order chi connectivity index (χ1) is 5.33. The Balaban J connectivity index is 2.84. The zero-order chi connectivity index (χ0) is 8.16. The molecule has 1 rings (SSSR count). The van der Waals surface area contributed by atoms with Crippen molar-refractivity contribution in [2.75, 3.05) is 0 Å². The van der Waals surface area contributed by atoms with E-state index >= 15 is 0 Å².